The van der Waals surface area contributed by atoms with Gasteiger partial charge in [-0.05, 0) is 56.2 Å². The Morgan fingerprint density at radius 2 is 1.76 bits per heavy atom. The molecule has 0 spiro atoms. The van der Waals surface area contributed by atoms with Crippen LogP contribution in [0, 0.1) is 0 Å². The molecule has 3 aromatic rings. The van der Waals surface area contributed by atoms with Crippen molar-refractivity contribution in [2.45, 2.75) is 63.1 Å². The molecule has 2 amide bonds. The van der Waals surface area contributed by atoms with Crippen LogP contribution in [0.1, 0.15) is 68.2 Å². The number of hydrogen-bond acceptors (Lipinski definition) is 9. The molecule has 0 saturated carbocycles. The van der Waals surface area contributed by atoms with Crippen LogP contribution in [-0.2, 0) is 4.79 Å². The lowest BCUT2D eigenvalue weighted by Gasteiger charge is -2.35. The summed E-state index contributed by atoms with van der Waals surface area (Å²) in [5.41, 5.74) is 3.23. The Bertz CT molecular complexity index is 1780. The number of benzene rings is 3. The first-order valence-corrected chi connectivity index (χ1v) is 18.8. The summed E-state index contributed by atoms with van der Waals surface area (Å²) in [6.07, 6.45) is 6.66. The Labute approximate surface area is 304 Å². The number of aliphatic hydroxyl groups excluding tert-OH is 1. The summed E-state index contributed by atoms with van der Waals surface area (Å²) in [4.78, 5) is 39.5. The molecule has 4 aliphatic rings. The molecule has 11 nitrogen and oxygen atoms in total. The Kier molecular flexibility index (Phi) is 11.0. The van der Waals surface area contributed by atoms with E-state index in [-0.39, 0.29) is 24.0 Å². The van der Waals surface area contributed by atoms with Crippen LogP contribution in [0.25, 0.3) is 10.8 Å². The number of alkyl halides is 1. The number of anilines is 1. The first kappa shape index (κ1) is 35.5. The number of aliphatic hydroxyl groups is 1. The minimum atomic E-state index is -0.738. The van der Waals surface area contributed by atoms with Gasteiger partial charge in [0, 0.05) is 92.8 Å². The Hall–Kier alpha value is -3.90. The van der Waals surface area contributed by atoms with E-state index in [0.29, 0.717) is 67.9 Å². The standard InChI is InChI=1S/C39H48ClN5O6/c1-42-15-17-43(18-16-42)39(48)51-33-22-32-37(29-12-6-5-11-28(29)33)26(23-40)25-45(32)36(46)13-4-3-9-19-50-35-21-31-30(20-34(35)49-2)38(47)44-14-8-7-10-27(44)24-41-31/h5-6,11-12,20-22,24,26-27,38,47H,3-4,7-10,13-19,23,25H2,1-2H3/t26-,27+,38?/m1/s1. The van der Waals surface area contributed by atoms with Crippen molar-refractivity contribution >= 4 is 52.0 Å². The first-order valence-electron chi connectivity index (χ1n) is 18.3. The fraction of sp³-hybridized carbons (Fsp3) is 0.513. The molecule has 0 aliphatic carbocycles. The van der Waals surface area contributed by atoms with Gasteiger partial charge in [0.1, 0.15) is 12.0 Å². The van der Waals surface area contributed by atoms with Crippen LogP contribution in [0.3, 0.4) is 0 Å². The smallest absolute Gasteiger partial charge is 0.415 e. The molecule has 272 valence electrons. The molecule has 0 radical (unpaired) electrons. The highest BCUT2D eigenvalue weighted by Crippen LogP contribution is 2.46. The molecule has 3 atom stereocenters. The predicted molar refractivity (Wildman–Crippen MR) is 199 cm³/mol. The molecule has 7 rings (SSSR count). The Balaban J connectivity index is 0.976. The van der Waals surface area contributed by atoms with Gasteiger partial charge in [0.15, 0.2) is 11.5 Å². The number of nitrogens with zero attached hydrogens (tertiary/aromatic N) is 5. The third-order valence-electron chi connectivity index (χ3n) is 10.8. The van der Waals surface area contributed by atoms with Crippen LogP contribution in [0.2, 0.25) is 0 Å². The van der Waals surface area contributed by atoms with E-state index in [1.807, 2.05) is 60.6 Å². The SMILES string of the molecule is COc1cc2c(cc1OCCCCCC(=O)N1C[C@@H](CCl)c3c1cc(OC(=O)N1CCN(C)CC1)c1ccccc31)N=C[C@@H]1CCCCN1C2O. The Morgan fingerprint density at radius 1 is 0.961 bits per heavy atom. The first-order chi connectivity index (χ1) is 24.9. The Morgan fingerprint density at radius 3 is 2.55 bits per heavy atom. The molecule has 0 aromatic heterocycles. The number of likely N-dealkylation sites (N-methyl/N-ethyl adjacent to an activating group) is 1. The van der Waals surface area contributed by atoms with Crippen molar-refractivity contribution in [1.29, 1.82) is 0 Å². The lowest BCUT2D eigenvalue weighted by atomic mass is 9.95. The number of ether oxygens (including phenoxy) is 3. The number of halogens is 1. The average Bonchev–Trinajstić information content (AvgIpc) is 3.47. The van der Waals surface area contributed by atoms with Crippen LogP contribution >= 0.6 is 11.6 Å². The number of rotatable bonds is 10. The van der Waals surface area contributed by atoms with Gasteiger partial charge in [-0.1, -0.05) is 30.7 Å². The van der Waals surface area contributed by atoms with Gasteiger partial charge in [0.25, 0.3) is 0 Å². The number of hydrogen-bond donors (Lipinski definition) is 1. The summed E-state index contributed by atoms with van der Waals surface area (Å²) in [5, 5.41) is 13.0. The summed E-state index contributed by atoms with van der Waals surface area (Å²) < 4.78 is 17.8. The number of amides is 2. The molecule has 12 heteroatoms. The minimum Gasteiger partial charge on any atom is -0.493 e. The van der Waals surface area contributed by atoms with Crippen LogP contribution in [-0.4, -0.2) is 110 Å². The number of piperidine rings is 1. The maximum Gasteiger partial charge on any atom is 0.415 e. The highest BCUT2D eigenvalue weighted by atomic mass is 35.5. The quantitative estimate of drug-likeness (QED) is 0.188. The van der Waals surface area contributed by atoms with E-state index in [9.17, 15) is 14.7 Å². The summed E-state index contributed by atoms with van der Waals surface area (Å²) in [7, 11) is 3.65. The highest BCUT2D eigenvalue weighted by molar-refractivity contribution is 6.19. The van der Waals surface area contributed by atoms with Crippen LogP contribution in [0.5, 0.6) is 17.2 Å². The highest BCUT2D eigenvalue weighted by Gasteiger charge is 2.35. The molecule has 2 saturated heterocycles. The zero-order valence-corrected chi connectivity index (χ0v) is 30.3. The maximum absolute atomic E-state index is 13.7. The molecule has 0 bridgehead atoms. The predicted octanol–water partition coefficient (Wildman–Crippen LogP) is 6.46. The normalized spacial score (nSPS) is 21.9. The van der Waals surface area contributed by atoms with Crippen molar-refractivity contribution in [3.8, 4) is 17.2 Å². The number of fused-ring (bicyclic) bond motifs is 5. The van der Waals surface area contributed by atoms with Gasteiger partial charge < -0.3 is 34.0 Å². The fourth-order valence-corrected chi connectivity index (χ4v) is 8.08. The van der Waals surface area contributed by atoms with Crippen molar-refractivity contribution < 1.29 is 28.9 Å². The zero-order chi connectivity index (χ0) is 35.5. The van der Waals surface area contributed by atoms with Gasteiger partial charge in [0.05, 0.1) is 25.1 Å². The van der Waals surface area contributed by atoms with Gasteiger partial charge in [-0.3, -0.25) is 14.7 Å². The van der Waals surface area contributed by atoms with Crippen LogP contribution in [0.4, 0.5) is 16.2 Å². The summed E-state index contributed by atoms with van der Waals surface area (Å²) >= 11 is 6.48. The second-order valence-corrected chi connectivity index (χ2v) is 14.3. The second kappa shape index (κ2) is 15.8. The van der Waals surface area contributed by atoms with E-state index >= 15 is 0 Å². The number of carbonyl (C=O) groups excluding carboxylic acids is 2. The number of aliphatic imine (C=N–C) groups is 1. The van der Waals surface area contributed by atoms with Gasteiger partial charge in [-0.15, -0.1) is 11.6 Å². The van der Waals surface area contributed by atoms with Crippen molar-refractivity contribution in [2.75, 3.05) is 70.8 Å². The van der Waals surface area contributed by atoms with E-state index in [1.54, 1.807) is 12.0 Å². The van der Waals surface area contributed by atoms with Crippen molar-refractivity contribution in [2.24, 2.45) is 4.99 Å². The van der Waals surface area contributed by atoms with Crippen molar-refractivity contribution in [1.82, 2.24) is 14.7 Å². The van der Waals surface area contributed by atoms with Crippen LogP contribution < -0.4 is 19.1 Å². The number of methoxy groups -OCH3 is 1. The molecule has 4 aliphatic heterocycles. The second-order valence-electron chi connectivity index (χ2n) is 14.0. The average molecular weight is 718 g/mol. The van der Waals surface area contributed by atoms with Crippen molar-refractivity contribution in [3.63, 3.8) is 0 Å². The molecular weight excluding hydrogens is 670 g/mol. The molecule has 1 unspecified atom stereocenters. The van der Waals surface area contributed by atoms with Crippen LogP contribution in [0.15, 0.2) is 47.5 Å². The molecule has 3 aromatic carbocycles. The summed E-state index contributed by atoms with van der Waals surface area (Å²) in [6, 6.07) is 13.6. The van der Waals surface area contributed by atoms with Gasteiger partial charge >= 0.3 is 6.09 Å². The van der Waals surface area contributed by atoms with E-state index in [0.717, 1.165) is 79.3 Å². The fourth-order valence-electron chi connectivity index (χ4n) is 7.82. The van der Waals surface area contributed by atoms with Crippen molar-refractivity contribution in [3.05, 3.63) is 53.6 Å². The lowest BCUT2D eigenvalue weighted by Crippen LogP contribution is -2.48. The minimum absolute atomic E-state index is 0.0196. The molecular formula is C39H48ClN5O6. The topological polar surface area (TPSA) is 107 Å². The summed E-state index contributed by atoms with van der Waals surface area (Å²) in [5.74, 6) is 2.01. The van der Waals surface area contributed by atoms with E-state index in [1.165, 1.54) is 0 Å². The lowest BCUT2D eigenvalue weighted by molar-refractivity contribution is -0.118. The molecule has 51 heavy (non-hydrogen) atoms. The molecule has 1 N–H and O–H groups in total. The number of piperazine rings is 1. The third-order valence-corrected chi connectivity index (χ3v) is 11.1. The van der Waals surface area contributed by atoms with E-state index in [2.05, 4.69) is 9.80 Å². The van der Waals surface area contributed by atoms with Gasteiger partial charge in [0.2, 0.25) is 5.91 Å². The molecule has 4 heterocycles. The maximum atomic E-state index is 13.7. The number of carbonyl (C=O) groups is 2. The zero-order valence-electron chi connectivity index (χ0n) is 29.6. The van der Waals surface area contributed by atoms with Gasteiger partial charge in [-0.25, -0.2) is 4.79 Å². The monoisotopic (exact) mass is 717 g/mol. The summed E-state index contributed by atoms with van der Waals surface area (Å²) in [6.45, 7) is 4.61. The van der Waals surface area contributed by atoms with Gasteiger partial charge in [-0.2, -0.15) is 0 Å². The van der Waals surface area contributed by atoms with E-state index < -0.39 is 6.23 Å². The third kappa shape index (κ3) is 7.40. The number of unbranched alkanes of at least 4 members (excludes halogenated alkanes) is 2. The van der Waals surface area contributed by atoms with E-state index in [4.69, 9.17) is 30.8 Å². The largest absolute Gasteiger partial charge is 0.493 e. The molecule has 2 fully saturated rings.